The zero-order chi connectivity index (χ0) is 18.0. The summed E-state index contributed by atoms with van der Waals surface area (Å²) in [5.74, 6) is 1.45. The minimum atomic E-state index is -0.709. The molecule has 0 spiro atoms. The molecule has 6 nitrogen and oxygen atoms in total. The van der Waals surface area contributed by atoms with E-state index in [-0.39, 0.29) is 12.3 Å². The lowest BCUT2D eigenvalue weighted by atomic mass is 9.80. The molecule has 2 unspecified atom stereocenters. The Morgan fingerprint density at radius 1 is 1.44 bits per heavy atom. The van der Waals surface area contributed by atoms with E-state index in [9.17, 15) is 9.90 Å². The summed E-state index contributed by atoms with van der Waals surface area (Å²) in [7, 11) is 1.65. The lowest BCUT2D eigenvalue weighted by Gasteiger charge is -2.40. The average molecular weight is 345 g/mol. The number of carboxylic acid groups (broad SMARTS) is 1. The number of hydrogen-bond donors (Lipinski definition) is 2. The van der Waals surface area contributed by atoms with Crippen molar-refractivity contribution in [2.45, 2.75) is 39.2 Å². The van der Waals surface area contributed by atoms with Crippen LogP contribution in [0.3, 0.4) is 0 Å². The molecular weight excluding hydrogens is 318 g/mol. The van der Waals surface area contributed by atoms with Gasteiger partial charge in [-0.2, -0.15) is 0 Å². The first-order valence-corrected chi connectivity index (χ1v) is 8.95. The number of H-pyrrole nitrogens is 1. The van der Waals surface area contributed by atoms with E-state index in [1.54, 1.807) is 7.11 Å². The van der Waals surface area contributed by atoms with Crippen molar-refractivity contribution in [3.8, 4) is 5.75 Å². The third kappa shape index (κ3) is 3.95. The molecule has 2 N–H and O–H groups in total. The number of benzene rings is 1. The van der Waals surface area contributed by atoms with Crippen molar-refractivity contribution >= 4 is 17.0 Å². The first-order valence-electron chi connectivity index (χ1n) is 8.95. The molecule has 6 heteroatoms. The van der Waals surface area contributed by atoms with Crippen molar-refractivity contribution in [3.05, 3.63) is 24.0 Å². The monoisotopic (exact) mass is 345 g/mol. The Kier molecular flexibility index (Phi) is 5.27. The molecule has 0 aliphatic carbocycles. The second-order valence-electron chi connectivity index (χ2n) is 7.24. The maximum absolute atomic E-state index is 11.3. The van der Waals surface area contributed by atoms with E-state index in [2.05, 4.69) is 23.7 Å². The second-order valence-corrected chi connectivity index (χ2v) is 7.24. The standard InChI is InChI=1S/C19H27N3O3/c1-12(2)22-8-7-13(10-18(23)24)14(11-22)9-17-20-15-5-4-6-16(25-3)19(15)21-17/h4-6,12-14H,7-11H2,1-3H3,(H,20,21)(H,23,24). The molecule has 136 valence electrons. The molecule has 1 aliphatic rings. The number of carboxylic acids is 1. The third-order valence-corrected chi connectivity index (χ3v) is 5.29. The second kappa shape index (κ2) is 7.44. The van der Waals surface area contributed by atoms with Crippen LogP contribution in [0, 0.1) is 11.8 Å². The van der Waals surface area contributed by atoms with Crippen LogP contribution in [-0.2, 0) is 11.2 Å². The molecule has 0 saturated carbocycles. The molecule has 2 atom stereocenters. The predicted molar refractivity (Wildman–Crippen MR) is 96.9 cm³/mol. The fraction of sp³-hybridized carbons (Fsp3) is 0.579. The van der Waals surface area contributed by atoms with Gasteiger partial charge in [-0.05, 0) is 50.8 Å². The summed E-state index contributed by atoms with van der Waals surface area (Å²) in [6.07, 6.45) is 1.93. The van der Waals surface area contributed by atoms with Crippen LogP contribution in [0.25, 0.3) is 11.0 Å². The van der Waals surface area contributed by atoms with Crippen LogP contribution < -0.4 is 4.74 Å². The molecule has 2 aromatic rings. The van der Waals surface area contributed by atoms with Gasteiger partial charge in [0.2, 0.25) is 0 Å². The Hall–Kier alpha value is -2.08. The number of aromatic amines is 1. The minimum Gasteiger partial charge on any atom is -0.494 e. The number of hydrogen-bond acceptors (Lipinski definition) is 4. The van der Waals surface area contributed by atoms with Crippen molar-refractivity contribution in [2.75, 3.05) is 20.2 Å². The van der Waals surface area contributed by atoms with Crippen molar-refractivity contribution in [1.82, 2.24) is 14.9 Å². The van der Waals surface area contributed by atoms with Gasteiger partial charge in [0, 0.05) is 25.4 Å². The topological polar surface area (TPSA) is 78.5 Å². The van der Waals surface area contributed by atoms with Crippen LogP contribution in [0.5, 0.6) is 5.75 Å². The average Bonchev–Trinajstić information content (AvgIpc) is 2.98. The van der Waals surface area contributed by atoms with E-state index < -0.39 is 5.97 Å². The number of carbonyl (C=O) groups is 1. The van der Waals surface area contributed by atoms with Crippen molar-refractivity contribution in [1.29, 1.82) is 0 Å². The van der Waals surface area contributed by atoms with Crippen molar-refractivity contribution in [2.24, 2.45) is 11.8 Å². The SMILES string of the molecule is COc1cccc2[nH]c(CC3CN(C(C)C)CCC3CC(=O)O)nc12. The Bertz CT molecular complexity index is 741. The highest BCUT2D eigenvalue weighted by Gasteiger charge is 2.32. The Labute approximate surface area is 148 Å². The van der Waals surface area contributed by atoms with Crippen LogP contribution in [0.4, 0.5) is 0 Å². The number of piperidine rings is 1. The lowest BCUT2D eigenvalue weighted by Crippen LogP contribution is -2.45. The summed E-state index contributed by atoms with van der Waals surface area (Å²) in [5.41, 5.74) is 1.80. The Balaban J connectivity index is 1.82. The molecular formula is C19H27N3O3. The highest BCUT2D eigenvalue weighted by molar-refractivity contribution is 5.81. The molecule has 1 aliphatic heterocycles. The lowest BCUT2D eigenvalue weighted by molar-refractivity contribution is -0.139. The Morgan fingerprint density at radius 2 is 2.24 bits per heavy atom. The van der Waals surface area contributed by atoms with Crippen LogP contribution >= 0.6 is 0 Å². The summed E-state index contributed by atoms with van der Waals surface area (Å²) in [5, 5.41) is 9.25. The molecule has 3 rings (SSSR count). The molecule has 0 amide bonds. The minimum absolute atomic E-state index is 0.197. The molecule has 0 radical (unpaired) electrons. The third-order valence-electron chi connectivity index (χ3n) is 5.29. The number of fused-ring (bicyclic) bond motifs is 1. The maximum Gasteiger partial charge on any atom is 0.303 e. The quantitative estimate of drug-likeness (QED) is 0.841. The van der Waals surface area contributed by atoms with Crippen LogP contribution in [0.15, 0.2) is 18.2 Å². The number of nitrogens with zero attached hydrogens (tertiary/aromatic N) is 2. The first kappa shape index (κ1) is 17.7. The van der Waals surface area contributed by atoms with Crippen molar-refractivity contribution < 1.29 is 14.6 Å². The zero-order valence-corrected chi connectivity index (χ0v) is 15.2. The number of aromatic nitrogens is 2. The van der Waals surface area contributed by atoms with Gasteiger partial charge in [0.05, 0.1) is 12.6 Å². The fourth-order valence-electron chi connectivity index (χ4n) is 3.87. The number of likely N-dealkylation sites (tertiary alicyclic amines) is 1. The van der Waals surface area contributed by atoms with Gasteiger partial charge in [-0.25, -0.2) is 4.98 Å². The number of methoxy groups -OCH3 is 1. The van der Waals surface area contributed by atoms with Gasteiger partial charge in [-0.3, -0.25) is 4.79 Å². The van der Waals surface area contributed by atoms with E-state index >= 15 is 0 Å². The normalized spacial score (nSPS) is 21.8. The summed E-state index contributed by atoms with van der Waals surface area (Å²) in [6, 6.07) is 6.31. The van der Waals surface area contributed by atoms with Crippen molar-refractivity contribution in [3.63, 3.8) is 0 Å². The number of ether oxygens (including phenoxy) is 1. The largest absolute Gasteiger partial charge is 0.494 e. The van der Waals surface area contributed by atoms with Gasteiger partial charge >= 0.3 is 5.97 Å². The summed E-state index contributed by atoms with van der Waals surface area (Å²) < 4.78 is 5.38. The smallest absolute Gasteiger partial charge is 0.303 e. The molecule has 1 aromatic heterocycles. The fourth-order valence-corrected chi connectivity index (χ4v) is 3.87. The van der Waals surface area contributed by atoms with Gasteiger partial charge in [0.15, 0.2) is 0 Å². The predicted octanol–water partition coefficient (Wildman–Crippen LogP) is 2.94. The van der Waals surface area contributed by atoms with E-state index in [1.807, 2.05) is 18.2 Å². The van der Waals surface area contributed by atoms with E-state index in [1.165, 1.54) is 0 Å². The van der Waals surface area contributed by atoms with Gasteiger partial charge in [-0.1, -0.05) is 6.07 Å². The van der Waals surface area contributed by atoms with Crippen LogP contribution in [0.1, 0.15) is 32.5 Å². The van der Waals surface area contributed by atoms with E-state index in [0.29, 0.717) is 12.0 Å². The zero-order valence-electron chi connectivity index (χ0n) is 15.2. The molecule has 2 heterocycles. The van der Waals surface area contributed by atoms with E-state index in [4.69, 9.17) is 9.72 Å². The number of nitrogens with one attached hydrogen (secondary N) is 1. The number of rotatable bonds is 6. The number of para-hydroxylation sites is 1. The van der Waals surface area contributed by atoms with Gasteiger partial charge in [-0.15, -0.1) is 0 Å². The molecule has 25 heavy (non-hydrogen) atoms. The maximum atomic E-state index is 11.3. The summed E-state index contributed by atoms with van der Waals surface area (Å²) in [6.45, 7) is 6.28. The number of imidazole rings is 1. The molecule has 1 aromatic carbocycles. The summed E-state index contributed by atoms with van der Waals surface area (Å²) >= 11 is 0. The van der Waals surface area contributed by atoms with Gasteiger partial charge in [0.1, 0.15) is 17.1 Å². The summed E-state index contributed by atoms with van der Waals surface area (Å²) in [4.78, 5) is 21.8. The van der Waals surface area contributed by atoms with Gasteiger partial charge in [0.25, 0.3) is 0 Å². The number of aliphatic carboxylic acids is 1. The highest BCUT2D eigenvalue weighted by Crippen LogP contribution is 2.31. The molecule has 1 fully saturated rings. The highest BCUT2D eigenvalue weighted by atomic mass is 16.5. The first-order chi connectivity index (χ1) is 12.0. The van der Waals surface area contributed by atoms with E-state index in [0.717, 1.165) is 48.5 Å². The van der Waals surface area contributed by atoms with Crippen LogP contribution in [0.2, 0.25) is 0 Å². The Morgan fingerprint density at radius 3 is 2.92 bits per heavy atom. The van der Waals surface area contributed by atoms with Crippen LogP contribution in [-0.4, -0.2) is 52.2 Å². The molecule has 1 saturated heterocycles. The van der Waals surface area contributed by atoms with Gasteiger partial charge < -0.3 is 19.7 Å². The molecule has 0 bridgehead atoms.